The molecule has 1 aromatic carbocycles. The van der Waals surface area contributed by atoms with Gasteiger partial charge in [0.25, 0.3) is 0 Å². The van der Waals surface area contributed by atoms with E-state index in [1.54, 1.807) is 6.20 Å². The summed E-state index contributed by atoms with van der Waals surface area (Å²) in [6.45, 7) is 3.80. The van der Waals surface area contributed by atoms with Gasteiger partial charge >= 0.3 is 0 Å². The average molecular weight is 298 g/mol. The predicted molar refractivity (Wildman–Crippen MR) is 85.3 cm³/mol. The van der Waals surface area contributed by atoms with Gasteiger partial charge in [-0.05, 0) is 38.8 Å². The van der Waals surface area contributed by atoms with Crippen LogP contribution in [0.3, 0.4) is 0 Å². The Kier molecular flexibility index (Phi) is 4.75. The fourth-order valence-electron chi connectivity index (χ4n) is 3.22. The Morgan fingerprint density at radius 3 is 2.64 bits per heavy atom. The van der Waals surface area contributed by atoms with E-state index in [0.29, 0.717) is 11.7 Å². The third kappa shape index (κ3) is 3.31. The van der Waals surface area contributed by atoms with E-state index in [1.165, 1.54) is 0 Å². The largest absolute Gasteiger partial charge is 0.393 e. The second-order valence-corrected chi connectivity index (χ2v) is 5.95. The van der Waals surface area contributed by atoms with Gasteiger partial charge in [-0.25, -0.2) is 4.98 Å². The summed E-state index contributed by atoms with van der Waals surface area (Å²) in [4.78, 5) is 4.44. The second kappa shape index (κ2) is 6.94. The lowest BCUT2D eigenvalue weighted by Crippen LogP contribution is -2.37. The molecule has 22 heavy (non-hydrogen) atoms. The van der Waals surface area contributed by atoms with Gasteiger partial charge in [0.05, 0.1) is 18.0 Å². The van der Waals surface area contributed by atoms with E-state index < -0.39 is 6.10 Å². The van der Waals surface area contributed by atoms with Gasteiger partial charge < -0.3 is 10.4 Å². The van der Waals surface area contributed by atoms with Crippen molar-refractivity contribution < 1.29 is 5.11 Å². The molecule has 0 radical (unpaired) electrons. The first-order valence-electron chi connectivity index (χ1n) is 7.89. The Morgan fingerprint density at radius 1 is 1.23 bits per heavy atom. The summed E-state index contributed by atoms with van der Waals surface area (Å²) >= 11 is 0. The number of benzene rings is 1. The molecule has 1 aliphatic heterocycles. The van der Waals surface area contributed by atoms with Gasteiger partial charge in [-0.15, -0.1) is 5.10 Å². The Balaban J connectivity index is 1.83. The third-order valence-corrected chi connectivity index (χ3v) is 4.32. The second-order valence-electron chi connectivity index (χ2n) is 5.95. The maximum absolute atomic E-state index is 10.2. The van der Waals surface area contributed by atoms with Crippen LogP contribution < -0.4 is 5.32 Å². The number of aromatic nitrogens is 3. The molecule has 116 valence electrons. The summed E-state index contributed by atoms with van der Waals surface area (Å²) in [6, 6.07) is 9.81. The summed E-state index contributed by atoms with van der Waals surface area (Å²) in [5.41, 5.74) is 1.73. The fourth-order valence-corrected chi connectivity index (χ4v) is 3.22. The normalized spacial score (nSPS) is 21.3. The zero-order valence-corrected chi connectivity index (χ0v) is 12.8. The zero-order valence-electron chi connectivity index (χ0n) is 12.8. The van der Waals surface area contributed by atoms with E-state index >= 15 is 0 Å². The molecule has 0 amide bonds. The van der Waals surface area contributed by atoms with Crippen LogP contribution >= 0.6 is 0 Å². The third-order valence-electron chi connectivity index (χ3n) is 4.32. The van der Waals surface area contributed by atoms with Crippen molar-refractivity contribution in [2.24, 2.45) is 5.92 Å². The van der Waals surface area contributed by atoms with Crippen LogP contribution in [0.4, 0.5) is 0 Å². The highest BCUT2D eigenvalue weighted by atomic mass is 16.3. The first-order valence-corrected chi connectivity index (χ1v) is 7.89. The molecule has 2 heterocycles. The molecular weight excluding hydrogens is 276 g/mol. The van der Waals surface area contributed by atoms with Gasteiger partial charge in [0.1, 0.15) is 0 Å². The van der Waals surface area contributed by atoms with Crippen molar-refractivity contribution in [2.45, 2.75) is 31.8 Å². The van der Waals surface area contributed by atoms with Crippen molar-refractivity contribution in [3.63, 3.8) is 0 Å². The Bertz CT molecular complexity index is 579. The minimum absolute atomic E-state index is 0.0161. The molecule has 0 aliphatic carbocycles. The van der Waals surface area contributed by atoms with Crippen molar-refractivity contribution in [2.75, 3.05) is 13.1 Å². The van der Waals surface area contributed by atoms with Crippen molar-refractivity contribution in [1.29, 1.82) is 0 Å². The van der Waals surface area contributed by atoms with Crippen LogP contribution in [0.5, 0.6) is 0 Å². The molecule has 5 heteroatoms. The molecular formula is C17H22N4O. The van der Waals surface area contributed by atoms with Gasteiger partial charge in [0.2, 0.25) is 0 Å². The van der Waals surface area contributed by atoms with E-state index in [4.69, 9.17) is 0 Å². The Hall–Kier alpha value is -1.85. The molecule has 1 fully saturated rings. The number of nitrogens with one attached hydrogen (secondary N) is 1. The summed E-state index contributed by atoms with van der Waals surface area (Å²) in [5, 5.41) is 22.2. The van der Waals surface area contributed by atoms with Crippen molar-refractivity contribution >= 4 is 0 Å². The van der Waals surface area contributed by atoms with Crippen LogP contribution in [0.25, 0.3) is 11.4 Å². The van der Waals surface area contributed by atoms with Gasteiger partial charge in [-0.1, -0.05) is 30.3 Å². The van der Waals surface area contributed by atoms with E-state index in [1.807, 2.05) is 37.3 Å². The standard InChI is InChI=1S/C17H22N4O/c1-12(22)16(14-8-5-9-18-10-14)15-11-19-17(21-20-15)13-6-3-2-4-7-13/h2-4,6-7,11-12,14,16,18,22H,5,8-10H2,1H3. The SMILES string of the molecule is CC(O)C(c1cnc(-c2ccccc2)nn1)C1CCCNC1. The van der Waals surface area contributed by atoms with E-state index in [0.717, 1.165) is 37.2 Å². The number of rotatable bonds is 4. The van der Waals surface area contributed by atoms with Crippen molar-refractivity contribution in [3.05, 3.63) is 42.2 Å². The molecule has 2 N–H and O–H groups in total. The molecule has 5 nitrogen and oxygen atoms in total. The van der Waals surface area contributed by atoms with Gasteiger partial charge in [-0.2, -0.15) is 5.10 Å². The van der Waals surface area contributed by atoms with E-state index in [2.05, 4.69) is 20.5 Å². The first-order chi connectivity index (χ1) is 10.8. The molecule has 3 unspecified atom stereocenters. The molecule has 0 spiro atoms. The smallest absolute Gasteiger partial charge is 0.181 e. The zero-order chi connectivity index (χ0) is 15.4. The lowest BCUT2D eigenvalue weighted by Gasteiger charge is -2.31. The summed E-state index contributed by atoms with van der Waals surface area (Å²) < 4.78 is 0. The van der Waals surface area contributed by atoms with Crippen molar-refractivity contribution in [1.82, 2.24) is 20.5 Å². The van der Waals surface area contributed by atoms with Gasteiger partial charge in [-0.3, -0.25) is 0 Å². The molecule has 1 saturated heterocycles. The maximum Gasteiger partial charge on any atom is 0.181 e. The number of hydrogen-bond acceptors (Lipinski definition) is 5. The molecule has 1 aromatic heterocycles. The maximum atomic E-state index is 10.2. The number of aliphatic hydroxyl groups excluding tert-OH is 1. The van der Waals surface area contributed by atoms with Crippen LogP contribution in [0.15, 0.2) is 36.5 Å². The fraction of sp³-hybridized carbons (Fsp3) is 0.471. The van der Waals surface area contributed by atoms with Crippen LogP contribution in [-0.2, 0) is 0 Å². The Morgan fingerprint density at radius 2 is 2.05 bits per heavy atom. The first kappa shape index (κ1) is 15.1. The molecule has 1 aliphatic rings. The van der Waals surface area contributed by atoms with E-state index in [9.17, 15) is 5.11 Å². The van der Waals surface area contributed by atoms with Crippen LogP contribution in [0.2, 0.25) is 0 Å². The number of aliphatic hydroxyl groups is 1. The number of piperidine rings is 1. The summed E-state index contributed by atoms with van der Waals surface area (Å²) in [5.74, 6) is 0.987. The minimum Gasteiger partial charge on any atom is -0.393 e. The van der Waals surface area contributed by atoms with E-state index in [-0.39, 0.29) is 5.92 Å². The molecule has 2 aromatic rings. The highest BCUT2D eigenvalue weighted by molar-refractivity contribution is 5.53. The average Bonchev–Trinajstić information content (AvgIpc) is 2.57. The minimum atomic E-state index is -0.455. The van der Waals surface area contributed by atoms with Gasteiger partial charge in [0, 0.05) is 11.5 Å². The van der Waals surface area contributed by atoms with Crippen LogP contribution in [0.1, 0.15) is 31.4 Å². The number of nitrogens with zero attached hydrogens (tertiary/aromatic N) is 3. The topological polar surface area (TPSA) is 70.9 Å². The van der Waals surface area contributed by atoms with Gasteiger partial charge in [0.15, 0.2) is 5.82 Å². The molecule has 0 saturated carbocycles. The monoisotopic (exact) mass is 298 g/mol. The van der Waals surface area contributed by atoms with Crippen LogP contribution in [0, 0.1) is 5.92 Å². The van der Waals surface area contributed by atoms with Crippen molar-refractivity contribution in [3.8, 4) is 11.4 Å². The lowest BCUT2D eigenvalue weighted by molar-refractivity contribution is 0.118. The highest BCUT2D eigenvalue weighted by Gasteiger charge is 2.30. The predicted octanol–water partition coefficient (Wildman–Crippen LogP) is 2.00. The molecule has 3 atom stereocenters. The summed E-state index contributed by atoms with van der Waals surface area (Å²) in [7, 11) is 0. The number of hydrogen-bond donors (Lipinski definition) is 2. The van der Waals surface area contributed by atoms with Crippen LogP contribution in [-0.4, -0.2) is 39.5 Å². The Labute approximate surface area is 130 Å². The quantitative estimate of drug-likeness (QED) is 0.903. The molecule has 0 bridgehead atoms. The highest BCUT2D eigenvalue weighted by Crippen LogP contribution is 2.31. The summed E-state index contributed by atoms with van der Waals surface area (Å²) in [6.07, 6.45) is 3.55. The lowest BCUT2D eigenvalue weighted by atomic mass is 9.81. The molecule has 3 rings (SSSR count).